The molecule has 2 fully saturated rings. The van der Waals surface area contributed by atoms with Gasteiger partial charge in [0.1, 0.15) is 0 Å². The Morgan fingerprint density at radius 3 is 2.87 bits per heavy atom. The number of hydrogen-bond acceptors (Lipinski definition) is 5. The minimum Gasteiger partial charge on any atom is -0.379 e. The Morgan fingerprint density at radius 1 is 1.39 bits per heavy atom. The molecule has 2 rings (SSSR count). The minimum atomic E-state index is -3.15. The summed E-state index contributed by atoms with van der Waals surface area (Å²) in [5.41, 5.74) is -0.177. The molecule has 0 aliphatic carbocycles. The van der Waals surface area contributed by atoms with Crippen LogP contribution in [0.15, 0.2) is 0 Å². The number of nitrogens with zero attached hydrogens (tertiary/aromatic N) is 2. The van der Waals surface area contributed by atoms with Crippen molar-refractivity contribution >= 4 is 10.0 Å². The fraction of sp³-hybridized carbons (Fsp3) is 1.00. The molecule has 0 aromatic heterocycles. The van der Waals surface area contributed by atoms with Crippen LogP contribution in [0, 0.1) is 5.41 Å². The van der Waals surface area contributed by atoms with E-state index in [9.17, 15) is 8.42 Å². The Balaban J connectivity index is 2.04. The summed E-state index contributed by atoms with van der Waals surface area (Å²) < 4.78 is 38.5. The summed E-state index contributed by atoms with van der Waals surface area (Å²) in [6.07, 6.45) is 3.53. The number of ether oxygens (including phenoxy) is 2. The van der Waals surface area contributed by atoms with Crippen molar-refractivity contribution in [3.63, 3.8) is 0 Å². The molecule has 6 nitrogen and oxygen atoms in total. The predicted octanol–water partition coefficient (Wildman–Crippen LogP) is 1.18. The van der Waals surface area contributed by atoms with Crippen molar-refractivity contribution in [2.45, 2.75) is 38.7 Å². The molecule has 7 heteroatoms. The average Bonchev–Trinajstić information content (AvgIpc) is 2.51. The number of sulfonamides is 1. The van der Waals surface area contributed by atoms with E-state index in [0.29, 0.717) is 32.7 Å². The summed E-state index contributed by atoms with van der Waals surface area (Å²) in [4.78, 5) is 2.09. The monoisotopic (exact) mass is 348 g/mol. The van der Waals surface area contributed by atoms with E-state index >= 15 is 0 Å². The highest BCUT2D eigenvalue weighted by atomic mass is 32.2. The second kappa shape index (κ2) is 8.25. The number of piperidine rings is 1. The molecule has 0 radical (unpaired) electrons. The summed E-state index contributed by atoms with van der Waals surface area (Å²) in [6, 6.07) is 0. The first-order valence-corrected chi connectivity index (χ1v) is 10.3. The first kappa shape index (κ1) is 19.1. The van der Waals surface area contributed by atoms with E-state index in [4.69, 9.17) is 9.47 Å². The highest BCUT2D eigenvalue weighted by molar-refractivity contribution is 7.89. The number of fused-ring (bicyclic) bond motifs is 1. The van der Waals surface area contributed by atoms with Crippen LogP contribution in [0.25, 0.3) is 0 Å². The van der Waals surface area contributed by atoms with Crippen molar-refractivity contribution in [3.05, 3.63) is 0 Å². The van der Waals surface area contributed by atoms with E-state index in [2.05, 4.69) is 4.90 Å². The van der Waals surface area contributed by atoms with Gasteiger partial charge in [-0.05, 0) is 39.8 Å². The van der Waals surface area contributed by atoms with Crippen molar-refractivity contribution in [3.8, 4) is 0 Å². The average molecular weight is 349 g/mol. The molecule has 2 aliphatic rings. The highest BCUT2D eigenvalue weighted by Gasteiger charge is 2.48. The molecule has 0 aromatic carbocycles. The fourth-order valence-corrected chi connectivity index (χ4v) is 5.22. The van der Waals surface area contributed by atoms with E-state index in [-0.39, 0.29) is 17.3 Å². The molecule has 2 atom stereocenters. The summed E-state index contributed by atoms with van der Waals surface area (Å²) in [7, 11) is 0.891. The van der Waals surface area contributed by atoms with Crippen molar-refractivity contribution < 1.29 is 17.9 Å². The Labute approximate surface area is 141 Å². The molecule has 0 aromatic rings. The van der Waals surface area contributed by atoms with Crippen LogP contribution >= 0.6 is 0 Å². The third-order valence-electron chi connectivity index (χ3n) is 4.88. The third kappa shape index (κ3) is 4.89. The van der Waals surface area contributed by atoms with Gasteiger partial charge in [0.25, 0.3) is 0 Å². The zero-order chi connectivity index (χ0) is 16.9. The molecule has 23 heavy (non-hydrogen) atoms. The second-order valence-electron chi connectivity index (χ2n) is 7.12. The number of rotatable bonds is 8. The Bertz CT molecular complexity index is 469. The molecule has 0 bridgehead atoms. The van der Waals surface area contributed by atoms with Gasteiger partial charge in [-0.1, -0.05) is 6.92 Å². The van der Waals surface area contributed by atoms with Crippen LogP contribution in [0.1, 0.15) is 32.6 Å². The zero-order valence-corrected chi connectivity index (χ0v) is 15.6. The lowest BCUT2D eigenvalue weighted by Gasteiger charge is -2.49. The minimum absolute atomic E-state index is 0.128. The number of likely N-dealkylation sites (N-methyl/N-ethyl adjacent to an activating group) is 1. The topological polar surface area (TPSA) is 59.1 Å². The lowest BCUT2D eigenvalue weighted by molar-refractivity contribution is -0.142. The van der Waals surface area contributed by atoms with Gasteiger partial charge in [0.05, 0.1) is 25.1 Å². The van der Waals surface area contributed by atoms with Crippen molar-refractivity contribution in [2.24, 2.45) is 5.41 Å². The van der Waals surface area contributed by atoms with Crippen LogP contribution in [0.2, 0.25) is 0 Å². The SMILES string of the molecule is CCCS(=O)(=O)N1CC[C@@H]2OCCC[C@@]2(COCCN(C)C)C1. The molecular formula is C16H32N2O4S. The maximum atomic E-state index is 12.5. The van der Waals surface area contributed by atoms with Crippen LogP contribution in [-0.2, 0) is 19.5 Å². The molecule has 0 spiro atoms. The Kier molecular flexibility index (Phi) is 6.86. The first-order chi connectivity index (χ1) is 10.9. The normalized spacial score (nSPS) is 29.7. The molecule has 0 unspecified atom stereocenters. The standard InChI is InChI=1S/C16H32N2O4S/c1-4-12-23(19,20)18-8-6-15-16(13-18,7-5-10-22-15)14-21-11-9-17(2)3/h15H,4-14H2,1-3H3/t15-,16-/m0/s1. The van der Waals surface area contributed by atoms with E-state index in [1.54, 1.807) is 4.31 Å². The lowest BCUT2D eigenvalue weighted by Crippen LogP contribution is -2.58. The van der Waals surface area contributed by atoms with Gasteiger partial charge < -0.3 is 14.4 Å². The Morgan fingerprint density at radius 2 is 2.17 bits per heavy atom. The molecule has 2 heterocycles. The van der Waals surface area contributed by atoms with Crippen molar-refractivity contribution in [1.82, 2.24) is 9.21 Å². The van der Waals surface area contributed by atoms with Crippen LogP contribution in [-0.4, -0.2) is 83.0 Å². The quantitative estimate of drug-likeness (QED) is 0.617. The first-order valence-electron chi connectivity index (χ1n) is 8.71. The molecule has 136 valence electrons. The molecule has 2 saturated heterocycles. The maximum Gasteiger partial charge on any atom is 0.214 e. The van der Waals surface area contributed by atoms with Gasteiger partial charge >= 0.3 is 0 Å². The zero-order valence-electron chi connectivity index (χ0n) is 14.8. The molecule has 0 N–H and O–H groups in total. The van der Waals surface area contributed by atoms with Crippen molar-refractivity contribution in [1.29, 1.82) is 0 Å². The lowest BCUT2D eigenvalue weighted by atomic mass is 9.73. The molecule has 2 aliphatic heterocycles. The summed E-state index contributed by atoms with van der Waals surface area (Å²) in [6.45, 7) is 5.95. The van der Waals surface area contributed by atoms with Gasteiger partial charge in [-0.15, -0.1) is 0 Å². The molecule has 0 amide bonds. The molecular weight excluding hydrogens is 316 g/mol. The van der Waals surface area contributed by atoms with Crippen LogP contribution in [0.4, 0.5) is 0 Å². The van der Waals surface area contributed by atoms with Crippen molar-refractivity contribution in [2.75, 3.05) is 59.3 Å². The maximum absolute atomic E-state index is 12.5. The van der Waals surface area contributed by atoms with Crippen LogP contribution in [0.5, 0.6) is 0 Å². The van der Waals surface area contributed by atoms with Gasteiger partial charge in [-0.3, -0.25) is 0 Å². The fourth-order valence-electron chi connectivity index (χ4n) is 3.61. The smallest absolute Gasteiger partial charge is 0.214 e. The predicted molar refractivity (Wildman–Crippen MR) is 91.0 cm³/mol. The highest BCUT2D eigenvalue weighted by Crippen LogP contribution is 2.41. The number of hydrogen-bond donors (Lipinski definition) is 0. The van der Waals surface area contributed by atoms with Gasteiger partial charge in [0.15, 0.2) is 0 Å². The summed E-state index contributed by atoms with van der Waals surface area (Å²) >= 11 is 0. The summed E-state index contributed by atoms with van der Waals surface area (Å²) in [5, 5.41) is 0. The van der Waals surface area contributed by atoms with E-state index in [1.807, 2.05) is 21.0 Å². The van der Waals surface area contributed by atoms with Crippen LogP contribution in [0.3, 0.4) is 0 Å². The van der Waals surface area contributed by atoms with E-state index in [0.717, 1.165) is 32.4 Å². The van der Waals surface area contributed by atoms with E-state index < -0.39 is 10.0 Å². The van der Waals surface area contributed by atoms with E-state index in [1.165, 1.54) is 0 Å². The van der Waals surface area contributed by atoms with Crippen LogP contribution < -0.4 is 0 Å². The Hall–Kier alpha value is -0.210. The van der Waals surface area contributed by atoms with Gasteiger partial charge in [0, 0.05) is 31.7 Å². The summed E-state index contributed by atoms with van der Waals surface area (Å²) in [5.74, 6) is 0.232. The largest absolute Gasteiger partial charge is 0.379 e. The van der Waals surface area contributed by atoms with Gasteiger partial charge in [-0.25, -0.2) is 12.7 Å². The third-order valence-corrected chi connectivity index (χ3v) is 6.90. The molecule has 0 saturated carbocycles. The van der Waals surface area contributed by atoms with Gasteiger partial charge in [0.2, 0.25) is 10.0 Å². The van der Waals surface area contributed by atoms with Gasteiger partial charge in [-0.2, -0.15) is 0 Å². The second-order valence-corrected chi connectivity index (χ2v) is 9.21.